The summed E-state index contributed by atoms with van der Waals surface area (Å²) in [5.41, 5.74) is 1.81. The van der Waals surface area contributed by atoms with Crippen LogP contribution in [0.25, 0.3) is 0 Å². The van der Waals surface area contributed by atoms with Gasteiger partial charge in [-0.25, -0.2) is 0 Å². The predicted octanol–water partition coefficient (Wildman–Crippen LogP) is 2.83. The fraction of sp³-hybridized carbons (Fsp3) is 0.250. The molecule has 158 valence electrons. The monoisotopic (exact) mass is 446 g/mol. The summed E-state index contributed by atoms with van der Waals surface area (Å²) in [6.45, 7) is 3.90. The maximum Gasteiger partial charge on any atom is 0.339 e. The normalized spacial score (nSPS) is 11.3. The summed E-state index contributed by atoms with van der Waals surface area (Å²) in [4.78, 5) is 12.4. The highest BCUT2D eigenvalue weighted by atomic mass is 32.2. The Morgan fingerprint density at radius 1 is 1.20 bits per heavy atom. The number of aromatic amines is 1. The third kappa shape index (κ3) is 4.95. The van der Waals surface area contributed by atoms with Crippen LogP contribution in [0, 0.1) is 18.6 Å². The minimum atomic E-state index is -3.97. The van der Waals surface area contributed by atoms with Crippen LogP contribution in [0.5, 0.6) is 5.75 Å². The van der Waals surface area contributed by atoms with Crippen molar-refractivity contribution in [3.63, 3.8) is 0 Å². The van der Waals surface area contributed by atoms with E-state index in [2.05, 4.69) is 15.5 Å². The Morgan fingerprint density at radius 2 is 1.90 bits per heavy atom. The van der Waals surface area contributed by atoms with Crippen molar-refractivity contribution < 1.29 is 17.4 Å². The largest absolute Gasteiger partial charge is 0.379 e. The number of rotatable bonds is 7. The molecule has 0 aliphatic rings. The van der Waals surface area contributed by atoms with Crippen LogP contribution in [0.15, 0.2) is 47.4 Å². The highest BCUT2D eigenvalue weighted by Gasteiger charge is 2.19. The van der Waals surface area contributed by atoms with E-state index >= 15 is 0 Å². The summed E-state index contributed by atoms with van der Waals surface area (Å²) in [5.74, 6) is 0.588. The van der Waals surface area contributed by atoms with Gasteiger partial charge in [-0.1, -0.05) is 12.1 Å². The molecule has 2 N–H and O–H groups in total. The molecule has 0 radical (unpaired) electrons. The zero-order valence-corrected chi connectivity index (χ0v) is 18.4. The number of aromatic nitrogens is 3. The molecule has 30 heavy (non-hydrogen) atoms. The number of benzene rings is 2. The molecule has 1 heterocycles. The molecule has 0 atom stereocenters. The van der Waals surface area contributed by atoms with Crippen LogP contribution in [0.3, 0.4) is 0 Å². The summed E-state index contributed by atoms with van der Waals surface area (Å²) >= 11 is 5.05. The van der Waals surface area contributed by atoms with Gasteiger partial charge in [0.2, 0.25) is 0 Å². The third-order valence-corrected chi connectivity index (χ3v) is 6.30. The number of hydrogen-bond acceptors (Lipinski definition) is 6. The van der Waals surface area contributed by atoms with E-state index in [1.807, 2.05) is 13.0 Å². The average Bonchev–Trinajstić information content (AvgIpc) is 3.02. The molecule has 1 amide bonds. The van der Waals surface area contributed by atoms with Crippen molar-refractivity contribution in [2.75, 3.05) is 6.54 Å². The van der Waals surface area contributed by atoms with Crippen molar-refractivity contribution in [1.82, 2.24) is 20.1 Å². The summed E-state index contributed by atoms with van der Waals surface area (Å²) in [6, 6.07) is 11.1. The zero-order chi connectivity index (χ0) is 21.9. The van der Waals surface area contributed by atoms with Gasteiger partial charge in [-0.15, -0.1) is 0 Å². The maximum atomic E-state index is 12.6. The molecule has 0 aliphatic heterocycles. The minimum Gasteiger partial charge on any atom is -0.379 e. The molecular weight excluding hydrogens is 424 g/mol. The average molecular weight is 447 g/mol. The number of H-pyrrole nitrogens is 1. The molecule has 0 unspecified atom stereocenters. The van der Waals surface area contributed by atoms with Crippen LogP contribution in [-0.4, -0.2) is 35.6 Å². The molecule has 10 heteroatoms. The van der Waals surface area contributed by atoms with E-state index in [0.717, 1.165) is 11.4 Å². The summed E-state index contributed by atoms with van der Waals surface area (Å²) in [7, 11) is -2.17. The number of carbonyl (C=O) groups is 1. The first-order chi connectivity index (χ1) is 14.2. The molecule has 0 fully saturated rings. The molecule has 0 spiro atoms. The standard InChI is InChI=1S/C20H22N4O4S2/c1-13-4-5-14(2)17(12-13)30(26,27)28-16-8-6-15(7-9-16)19(25)21-11-10-18-22-23-20(29)24(18)3/h4-9,12H,10-11H2,1-3H3,(H,21,25)(H,23,29). The lowest BCUT2D eigenvalue weighted by Crippen LogP contribution is -2.26. The van der Waals surface area contributed by atoms with Gasteiger partial charge in [0.1, 0.15) is 16.5 Å². The fourth-order valence-electron chi connectivity index (χ4n) is 2.80. The highest BCUT2D eigenvalue weighted by molar-refractivity contribution is 7.87. The van der Waals surface area contributed by atoms with Gasteiger partial charge in [0.25, 0.3) is 5.91 Å². The number of nitrogens with one attached hydrogen (secondary N) is 2. The molecule has 2 aromatic carbocycles. The number of aryl methyl sites for hydroxylation is 2. The maximum absolute atomic E-state index is 12.6. The van der Waals surface area contributed by atoms with Crippen LogP contribution in [0.2, 0.25) is 0 Å². The van der Waals surface area contributed by atoms with E-state index < -0.39 is 10.1 Å². The Balaban J connectivity index is 1.62. The van der Waals surface area contributed by atoms with Crippen LogP contribution >= 0.6 is 12.2 Å². The Hall–Kier alpha value is -2.98. The first-order valence-corrected chi connectivity index (χ1v) is 11.0. The molecule has 0 aliphatic carbocycles. The second-order valence-electron chi connectivity index (χ2n) is 6.84. The lowest BCUT2D eigenvalue weighted by Gasteiger charge is -2.11. The van der Waals surface area contributed by atoms with Gasteiger partial charge in [0.15, 0.2) is 4.77 Å². The van der Waals surface area contributed by atoms with Gasteiger partial charge >= 0.3 is 10.1 Å². The van der Waals surface area contributed by atoms with E-state index in [4.69, 9.17) is 16.4 Å². The number of hydrogen-bond donors (Lipinski definition) is 2. The van der Waals surface area contributed by atoms with Gasteiger partial charge in [0.05, 0.1) is 0 Å². The highest BCUT2D eigenvalue weighted by Crippen LogP contribution is 2.22. The van der Waals surface area contributed by atoms with Crippen molar-refractivity contribution in [1.29, 1.82) is 0 Å². The molecule has 3 rings (SSSR count). The SMILES string of the molecule is Cc1ccc(C)c(S(=O)(=O)Oc2ccc(C(=O)NCCc3n[nH]c(=S)n3C)cc2)c1. The third-order valence-electron chi connectivity index (χ3n) is 4.54. The van der Waals surface area contributed by atoms with Gasteiger partial charge < -0.3 is 14.1 Å². The molecule has 0 saturated carbocycles. The van der Waals surface area contributed by atoms with Gasteiger partial charge in [-0.2, -0.15) is 13.5 Å². The first kappa shape index (κ1) is 21.7. The summed E-state index contributed by atoms with van der Waals surface area (Å²) in [5, 5.41) is 9.57. The Kier molecular flexibility index (Phi) is 6.37. The summed E-state index contributed by atoms with van der Waals surface area (Å²) in [6.07, 6.45) is 0.519. The Morgan fingerprint density at radius 3 is 2.53 bits per heavy atom. The molecule has 0 saturated heterocycles. The van der Waals surface area contributed by atoms with Gasteiger partial charge in [0, 0.05) is 25.6 Å². The van der Waals surface area contributed by atoms with Crippen LogP contribution in [-0.2, 0) is 23.6 Å². The van der Waals surface area contributed by atoms with E-state index in [9.17, 15) is 13.2 Å². The van der Waals surface area contributed by atoms with Crippen LogP contribution in [0.4, 0.5) is 0 Å². The van der Waals surface area contributed by atoms with Gasteiger partial charge in [-0.05, 0) is 67.5 Å². The number of amides is 1. The lowest BCUT2D eigenvalue weighted by molar-refractivity contribution is 0.0954. The summed E-state index contributed by atoms with van der Waals surface area (Å²) < 4.78 is 32.6. The molecule has 1 aromatic heterocycles. The number of nitrogens with zero attached hydrogens (tertiary/aromatic N) is 2. The van der Waals surface area contributed by atoms with Crippen LogP contribution in [0.1, 0.15) is 27.3 Å². The lowest BCUT2D eigenvalue weighted by atomic mass is 10.2. The fourth-order valence-corrected chi connectivity index (χ4v) is 4.20. The van der Waals surface area contributed by atoms with Crippen molar-refractivity contribution in [2.45, 2.75) is 25.2 Å². The Bertz CT molecular complexity index is 1230. The van der Waals surface area contributed by atoms with Crippen molar-refractivity contribution in [3.8, 4) is 5.75 Å². The van der Waals surface area contributed by atoms with Crippen molar-refractivity contribution in [3.05, 3.63) is 69.8 Å². The minimum absolute atomic E-state index is 0.123. The zero-order valence-electron chi connectivity index (χ0n) is 16.8. The van der Waals surface area contributed by atoms with E-state index in [0.29, 0.717) is 28.9 Å². The van der Waals surface area contributed by atoms with Gasteiger partial charge in [-0.3, -0.25) is 9.89 Å². The van der Waals surface area contributed by atoms with Crippen LogP contribution < -0.4 is 9.50 Å². The Labute approximate surface area is 180 Å². The van der Waals surface area contributed by atoms with E-state index in [-0.39, 0.29) is 16.6 Å². The quantitative estimate of drug-likeness (QED) is 0.427. The topological polar surface area (TPSA) is 106 Å². The first-order valence-electron chi connectivity index (χ1n) is 9.17. The predicted molar refractivity (Wildman–Crippen MR) is 115 cm³/mol. The smallest absolute Gasteiger partial charge is 0.339 e. The molecule has 0 bridgehead atoms. The molecule has 8 nitrogen and oxygen atoms in total. The molecule has 3 aromatic rings. The van der Waals surface area contributed by atoms with Crippen molar-refractivity contribution >= 4 is 28.2 Å². The second-order valence-corrected chi connectivity index (χ2v) is 8.74. The molecular formula is C20H22N4O4S2. The van der Waals surface area contributed by atoms with Crippen molar-refractivity contribution in [2.24, 2.45) is 7.05 Å². The second kappa shape index (κ2) is 8.80. The van der Waals surface area contributed by atoms with E-state index in [1.165, 1.54) is 24.3 Å². The van der Waals surface area contributed by atoms with E-state index in [1.54, 1.807) is 30.7 Å². The number of carbonyl (C=O) groups excluding carboxylic acids is 1.